The lowest BCUT2D eigenvalue weighted by atomic mass is 10.1. The molecule has 20 heavy (non-hydrogen) atoms. The van der Waals surface area contributed by atoms with Crippen LogP contribution in [0.2, 0.25) is 0 Å². The van der Waals surface area contributed by atoms with Crippen LogP contribution < -0.4 is 0 Å². The van der Waals surface area contributed by atoms with E-state index in [-0.39, 0.29) is 19.0 Å². The zero-order chi connectivity index (χ0) is 14.4. The monoisotopic (exact) mass is 274 g/mol. The maximum Gasteiger partial charge on any atom is 0.310 e. The molecule has 0 bridgehead atoms. The van der Waals surface area contributed by atoms with Crippen molar-refractivity contribution in [2.24, 2.45) is 5.92 Å². The summed E-state index contributed by atoms with van der Waals surface area (Å²) in [5, 5.41) is 3.84. The highest BCUT2D eigenvalue weighted by molar-refractivity contribution is 5.72. The summed E-state index contributed by atoms with van der Waals surface area (Å²) in [5.41, 5.74) is 0.920. The second-order valence-corrected chi connectivity index (χ2v) is 5.03. The number of benzene rings is 1. The Labute approximate surface area is 118 Å². The second kappa shape index (κ2) is 6.84. The molecule has 0 saturated heterocycles. The van der Waals surface area contributed by atoms with Gasteiger partial charge < -0.3 is 9.26 Å². The molecule has 0 fully saturated rings. The number of carbonyl (C=O) groups is 1. The van der Waals surface area contributed by atoms with Gasteiger partial charge in [-0.1, -0.05) is 49.3 Å². The van der Waals surface area contributed by atoms with Gasteiger partial charge in [0.15, 0.2) is 12.4 Å². The van der Waals surface area contributed by atoms with Crippen LogP contribution in [0.3, 0.4) is 0 Å². The van der Waals surface area contributed by atoms with Crippen molar-refractivity contribution in [3.63, 3.8) is 0 Å². The number of esters is 1. The van der Waals surface area contributed by atoms with Gasteiger partial charge in [-0.3, -0.25) is 4.79 Å². The minimum atomic E-state index is -0.306. The number of rotatable bonds is 6. The van der Waals surface area contributed by atoms with Crippen molar-refractivity contribution in [3.05, 3.63) is 47.6 Å². The fraction of sp³-hybridized carbons (Fsp3) is 0.400. The molecular formula is C15H18N2O3. The van der Waals surface area contributed by atoms with Crippen LogP contribution in [0.15, 0.2) is 34.9 Å². The van der Waals surface area contributed by atoms with Crippen molar-refractivity contribution < 1.29 is 14.1 Å². The van der Waals surface area contributed by atoms with E-state index < -0.39 is 0 Å². The van der Waals surface area contributed by atoms with Gasteiger partial charge in [-0.05, 0) is 11.5 Å². The van der Waals surface area contributed by atoms with Gasteiger partial charge in [-0.15, -0.1) is 0 Å². The van der Waals surface area contributed by atoms with Gasteiger partial charge in [0, 0.05) is 6.42 Å². The quantitative estimate of drug-likeness (QED) is 0.757. The number of hydrogen-bond donors (Lipinski definition) is 0. The molecule has 0 aliphatic carbocycles. The molecular weight excluding hydrogens is 256 g/mol. The predicted molar refractivity (Wildman–Crippen MR) is 72.8 cm³/mol. The first kappa shape index (κ1) is 14.2. The molecule has 5 heteroatoms. The summed E-state index contributed by atoms with van der Waals surface area (Å²) in [4.78, 5) is 15.8. The van der Waals surface area contributed by atoms with E-state index in [9.17, 15) is 4.79 Å². The lowest BCUT2D eigenvalue weighted by Crippen LogP contribution is -2.08. The van der Waals surface area contributed by atoms with Gasteiger partial charge in [-0.2, -0.15) is 4.98 Å². The Balaban J connectivity index is 1.80. The molecule has 2 rings (SSSR count). The van der Waals surface area contributed by atoms with E-state index in [0.29, 0.717) is 17.6 Å². The highest BCUT2D eigenvalue weighted by Crippen LogP contribution is 2.07. The third-order valence-corrected chi connectivity index (χ3v) is 2.65. The molecule has 0 N–H and O–H groups in total. The summed E-state index contributed by atoms with van der Waals surface area (Å²) in [6.07, 6.45) is 0.995. The number of aromatic nitrogens is 2. The Morgan fingerprint density at radius 3 is 2.75 bits per heavy atom. The third-order valence-electron chi connectivity index (χ3n) is 2.65. The standard InChI is InChI=1S/C15H18N2O3/c1-11(2)8-13-16-14(20-17-13)10-19-15(18)9-12-6-4-3-5-7-12/h3-7,11H,8-10H2,1-2H3. The van der Waals surface area contributed by atoms with Crippen molar-refractivity contribution in [3.8, 4) is 0 Å². The number of hydrogen-bond acceptors (Lipinski definition) is 5. The molecule has 2 aromatic rings. The topological polar surface area (TPSA) is 65.2 Å². The summed E-state index contributed by atoms with van der Waals surface area (Å²) in [6, 6.07) is 9.45. The van der Waals surface area contributed by atoms with Crippen LogP contribution in [0.25, 0.3) is 0 Å². The first-order valence-corrected chi connectivity index (χ1v) is 6.64. The molecule has 0 unspecified atom stereocenters. The molecule has 1 aromatic heterocycles. The Morgan fingerprint density at radius 1 is 1.30 bits per heavy atom. The fourth-order valence-corrected chi connectivity index (χ4v) is 1.75. The summed E-state index contributed by atoms with van der Waals surface area (Å²) in [6.45, 7) is 4.18. The lowest BCUT2D eigenvalue weighted by Gasteiger charge is -2.01. The highest BCUT2D eigenvalue weighted by Gasteiger charge is 2.11. The SMILES string of the molecule is CC(C)Cc1noc(COC(=O)Cc2ccccc2)n1. The summed E-state index contributed by atoms with van der Waals surface area (Å²) < 4.78 is 10.1. The normalized spacial score (nSPS) is 10.8. The number of ether oxygens (including phenoxy) is 1. The van der Waals surface area contributed by atoms with Gasteiger partial charge in [0.1, 0.15) is 0 Å². The summed E-state index contributed by atoms with van der Waals surface area (Å²) in [7, 11) is 0. The van der Waals surface area contributed by atoms with E-state index in [2.05, 4.69) is 24.0 Å². The Bertz CT molecular complexity index is 549. The van der Waals surface area contributed by atoms with Crippen LogP contribution in [0.4, 0.5) is 0 Å². The summed E-state index contributed by atoms with van der Waals surface area (Å²) >= 11 is 0. The van der Waals surface area contributed by atoms with Crippen molar-refractivity contribution in [2.75, 3.05) is 0 Å². The van der Waals surface area contributed by atoms with E-state index in [1.807, 2.05) is 30.3 Å². The van der Waals surface area contributed by atoms with Crippen LogP contribution >= 0.6 is 0 Å². The third kappa shape index (κ3) is 4.50. The maximum absolute atomic E-state index is 11.7. The maximum atomic E-state index is 11.7. The second-order valence-electron chi connectivity index (χ2n) is 5.03. The van der Waals surface area contributed by atoms with Crippen molar-refractivity contribution in [1.29, 1.82) is 0 Å². The van der Waals surface area contributed by atoms with Crippen molar-refractivity contribution in [2.45, 2.75) is 33.3 Å². The molecule has 0 amide bonds. The van der Waals surface area contributed by atoms with E-state index in [1.54, 1.807) is 0 Å². The molecule has 0 radical (unpaired) electrons. The molecule has 1 aromatic carbocycles. The van der Waals surface area contributed by atoms with Crippen LogP contribution in [-0.2, 0) is 29.0 Å². The Hall–Kier alpha value is -2.17. The molecule has 0 aliphatic rings. The first-order valence-electron chi connectivity index (χ1n) is 6.64. The number of nitrogens with zero attached hydrogens (tertiary/aromatic N) is 2. The Morgan fingerprint density at radius 2 is 2.05 bits per heavy atom. The predicted octanol–water partition coefficient (Wildman–Crippen LogP) is 2.55. The molecule has 5 nitrogen and oxygen atoms in total. The van der Waals surface area contributed by atoms with Crippen molar-refractivity contribution >= 4 is 5.97 Å². The Kier molecular flexibility index (Phi) is 4.87. The van der Waals surface area contributed by atoms with E-state index in [1.165, 1.54) is 0 Å². The smallest absolute Gasteiger partial charge is 0.310 e. The van der Waals surface area contributed by atoms with E-state index >= 15 is 0 Å². The summed E-state index contributed by atoms with van der Waals surface area (Å²) in [5.74, 6) is 1.14. The first-order chi connectivity index (χ1) is 9.63. The molecule has 106 valence electrons. The number of carbonyl (C=O) groups excluding carboxylic acids is 1. The van der Waals surface area contributed by atoms with Gasteiger partial charge in [0.05, 0.1) is 6.42 Å². The zero-order valence-corrected chi connectivity index (χ0v) is 11.7. The van der Waals surface area contributed by atoms with E-state index in [0.717, 1.165) is 12.0 Å². The minimum absolute atomic E-state index is 0.0246. The van der Waals surface area contributed by atoms with Crippen molar-refractivity contribution in [1.82, 2.24) is 10.1 Å². The molecule has 0 spiro atoms. The van der Waals surface area contributed by atoms with E-state index in [4.69, 9.17) is 9.26 Å². The average molecular weight is 274 g/mol. The molecule has 0 saturated carbocycles. The highest BCUT2D eigenvalue weighted by atomic mass is 16.6. The molecule has 0 aliphatic heterocycles. The van der Waals surface area contributed by atoms with Crippen LogP contribution in [0, 0.1) is 5.92 Å². The minimum Gasteiger partial charge on any atom is -0.455 e. The average Bonchev–Trinajstić information content (AvgIpc) is 2.84. The van der Waals surface area contributed by atoms with Crippen LogP contribution in [0.5, 0.6) is 0 Å². The largest absolute Gasteiger partial charge is 0.455 e. The van der Waals surface area contributed by atoms with Gasteiger partial charge in [-0.25, -0.2) is 0 Å². The van der Waals surface area contributed by atoms with Gasteiger partial charge in [0.25, 0.3) is 5.89 Å². The fourth-order valence-electron chi connectivity index (χ4n) is 1.75. The molecule has 1 heterocycles. The zero-order valence-electron chi connectivity index (χ0n) is 11.7. The van der Waals surface area contributed by atoms with Crippen LogP contribution in [-0.4, -0.2) is 16.1 Å². The van der Waals surface area contributed by atoms with Gasteiger partial charge in [0.2, 0.25) is 0 Å². The van der Waals surface area contributed by atoms with Gasteiger partial charge >= 0.3 is 5.97 Å². The lowest BCUT2D eigenvalue weighted by molar-refractivity contribution is -0.144. The molecule has 0 atom stereocenters. The van der Waals surface area contributed by atoms with Crippen LogP contribution in [0.1, 0.15) is 31.1 Å².